The lowest BCUT2D eigenvalue weighted by Crippen LogP contribution is -2.26. The van der Waals surface area contributed by atoms with Gasteiger partial charge in [0.25, 0.3) is 15.9 Å². The van der Waals surface area contributed by atoms with Crippen molar-refractivity contribution in [2.24, 2.45) is 7.05 Å². The van der Waals surface area contributed by atoms with Crippen molar-refractivity contribution in [3.05, 3.63) is 70.5 Å². The Bertz CT molecular complexity index is 1170. The molecule has 0 aliphatic heterocycles. The molecule has 3 N–H and O–H groups in total. The second-order valence-corrected chi connectivity index (χ2v) is 8.22. The molecule has 3 aromatic rings. The van der Waals surface area contributed by atoms with Crippen molar-refractivity contribution in [3.8, 4) is 0 Å². The fourth-order valence-electron chi connectivity index (χ4n) is 2.51. The number of hydrogen-bond donors (Lipinski definition) is 3. The van der Waals surface area contributed by atoms with Crippen LogP contribution >= 0.6 is 12.2 Å². The van der Waals surface area contributed by atoms with Crippen LogP contribution in [0.15, 0.2) is 53.4 Å². The Hall–Kier alpha value is -3.05. The molecule has 1 amide bonds. The maximum absolute atomic E-state index is 12.9. The molecular weight excluding hydrogens is 417 g/mol. The molecule has 8 nitrogen and oxygen atoms in total. The summed E-state index contributed by atoms with van der Waals surface area (Å²) in [5.74, 6) is -0.0882. The van der Waals surface area contributed by atoms with Crippen LogP contribution in [0.2, 0.25) is 0 Å². The second-order valence-electron chi connectivity index (χ2n) is 6.15. The van der Waals surface area contributed by atoms with E-state index in [1.54, 1.807) is 11.6 Å². The number of hydrogen-bond acceptors (Lipinski definition) is 5. The predicted molar refractivity (Wildman–Crippen MR) is 108 cm³/mol. The molecule has 0 bridgehead atoms. The van der Waals surface area contributed by atoms with Crippen molar-refractivity contribution < 1.29 is 17.6 Å². The average Bonchev–Trinajstić information content (AvgIpc) is 3.02. The lowest BCUT2D eigenvalue weighted by molar-refractivity contribution is 0.0954. The number of H-pyrrole nitrogens is 1. The Morgan fingerprint density at radius 1 is 1.17 bits per heavy atom. The molecule has 0 spiro atoms. The van der Waals surface area contributed by atoms with Gasteiger partial charge in [-0.25, -0.2) is 12.8 Å². The van der Waals surface area contributed by atoms with Crippen LogP contribution < -0.4 is 10.0 Å². The molecule has 11 heteroatoms. The molecule has 1 heterocycles. The van der Waals surface area contributed by atoms with Gasteiger partial charge < -0.3 is 9.88 Å². The number of benzene rings is 2. The first-order valence-electron chi connectivity index (χ1n) is 8.53. The molecule has 152 valence electrons. The number of rotatable bonds is 7. The third-order valence-electron chi connectivity index (χ3n) is 4.13. The number of halogens is 1. The minimum Gasteiger partial charge on any atom is -0.352 e. The maximum atomic E-state index is 12.9. The highest BCUT2D eigenvalue weighted by atomic mass is 32.2. The Morgan fingerprint density at radius 2 is 1.83 bits per heavy atom. The molecule has 0 fully saturated rings. The van der Waals surface area contributed by atoms with E-state index in [2.05, 4.69) is 20.2 Å². The minimum absolute atomic E-state index is 0.0140. The summed E-state index contributed by atoms with van der Waals surface area (Å²) >= 11 is 5.03. The number of aromatic amines is 1. The van der Waals surface area contributed by atoms with Gasteiger partial charge in [-0.3, -0.25) is 14.6 Å². The van der Waals surface area contributed by atoms with Gasteiger partial charge in [-0.05, 0) is 60.7 Å². The SMILES string of the molecule is Cn1c(CCNC(=O)c2ccc(S(=O)(=O)Nc3ccc(F)cc3)cc2)n[nH]c1=S. The van der Waals surface area contributed by atoms with Crippen molar-refractivity contribution in [1.82, 2.24) is 20.1 Å². The fourth-order valence-corrected chi connectivity index (χ4v) is 3.72. The van der Waals surface area contributed by atoms with Gasteiger partial charge in [-0.2, -0.15) is 5.10 Å². The zero-order valence-corrected chi connectivity index (χ0v) is 17.0. The van der Waals surface area contributed by atoms with E-state index in [4.69, 9.17) is 12.2 Å². The Labute approximate surface area is 171 Å². The molecule has 1 aromatic heterocycles. The zero-order valence-electron chi connectivity index (χ0n) is 15.3. The quantitative estimate of drug-likeness (QED) is 0.494. The average molecular weight is 436 g/mol. The monoisotopic (exact) mass is 435 g/mol. The number of nitrogens with one attached hydrogen (secondary N) is 3. The third kappa shape index (κ3) is 5.06. The van der Waals surface area contributed by atoms with E-state index in [0.717, 1.165) is 12.1 Å². The lowest BCUT2D eigenvalue weighted by Gasteiger charge is -2.09. The van der Waals surface area contributed by atoms with Crippen LogP contribution in [0, 0.1) is 10.6 Å². The second kappa shape index (κ2) is 8.53. The van der Waals surface area contributed by atoms with Gasteiger partial charge in [0.2, 0.25) is 0 Å². The first-order valence-corrected chi connectivity index (χ1v) is 10.4. The summed E-state index contributed by atoms with van der Waals surface area (Å²) in [5, 5.41) is 9.48. The van der Waals surface area contributed by atoms with Gasteiger partial charge in [0.1, 0.15) is 11.6 Å². The third-order valence-corrected chi connectivity index (χ3v) is 5.89. The van der Waals surface area contributed by atoms with Crippen molar-refractivity contribution >= 4 is 33.8 Å². The Morgan fingerprint density at radius 3 is 2.41 bits per heavy atom. The van der Waals surface area contributed by atoms with Gasteiger partial charge in [0, 0.05) is 31.3 Å². The fraction of sp³-hybridized carbons (Fsp3) is 0.167. The highest BCUT2D eigenvalue weighted by Crippen LogP contribution is 2.17. The number of aromatic nitrogens is 3. The normalized spacial score (nSPS) is 11.2. The summed E-state index contributed by atoms with van der Waals surface area (Å²) in [6.07, 6.45) is 0.490. The van der Waals surface area contributed by atoms with Crippen LogP contribution in [0.5, 0.6) is 0 Å². The van der Waals surface area contributed by atoms with Crippen LogP contribution in [-0.2, 0) is 23.5 Å². The summed E-state index contributed by atoms with van der Waals surface area (Å²) in [4.78, 5) is 12.2. The molecule has 0 unspecified atom stereocenters. The number of amides is 1. The Kier molecular flexibility index (Phi) is 6.09. The molecule has 0 atom stereocenters. The van der Waals surface area contributed by atoms with Crippen LogP contribution in [-0.4, -0.2) is 35.6 Å². The van der Waals surface area contributed by atoms with E-state index in [0.29, 0.717) is 29.1 Å². The van der Waals surface area contributed by atoms with Crippen LogP contribution in [0.1, 0.15) is 16.2 Å². The maximum Gasteiger partial charge on any atom is 0.261 e. The van der Waals surface area contributed by atoms with E-state index in [-0.39, 0.29) is 16.5 Å². The van der Waals surface area contributed by atoms with Crippen molar-refractivity contribution in [2.75, 3.05) is 11.3 Å². The van der Waals surface area contributed by atoms with Gasteiger partial charge in [0.15, 0.2) is 4.77 Å². The van der Waals surface area contributed by atoms with Crippen LogP contribution in [0.25, 0.3) is 0 Å². The summed E-state index contributed by atoms with van der Waals surface area (Å²) < 4.78 is 42.3. The van der Waals surface area contributed by atoms with Crippen molar-refractivity contribution in [3.63, 3.8) is 0 Å². The molecule has 2 aromatic carbocycles. The Balaban J connectivity index is 1.61. The molecule has 0 saturated heterocycles. The standard InChI is InChI=1S/C18H18FN5O3S2/c1-24-16(21-22-18(24)28)10-11-20-17(25)12-2-8-15(9-3-12)29(26,27)23-14-6-4-13(19)5-7-14/h2-9,23H,10-11H2,1H3,(H,20,25)(H,22,28). The summed E-state index contributed by atoms with van der Waals surface area (Å²) in [6.45, 7) is 0.346. The summed E-state index contributed by atoms with van der Waals surface area (Å²) in [7, 11) is -2.07. The molecule has 0 aliphatic rings. The van der Waals surface area contributed by atoms with Crippen molar-refractivity contribution in [1.29, 1.82) is 0 Å². The molecular formula is C18H18FN5O3S2. The van der Waals surface area contributed by atoms with E-state index in [1.165, 1.54) is 36.4 Å². The van der Waals surface area contributed by atoms with Gasteiger partial charge in [0.05, 0.1) is 4.90 Å². The first-order chi connectivity index (χ1) is 13.8. The molecule has 29 heavy (non-hydrogen) atoms. The van der Waals surface area contributed by atoms with Crippen molar-refractivity contribution in [2.45, 2.75) is 11.3 Å². The summed E-state index contributed by atoms with van der Waals surface area (Å²) in [6, 6.07) is 10.5. The van der Waals surface area contributed by atoms with E-state index < -0.39 is 15.8 Å². The van der Waals surface area contributed by atoms with E-state index in [1.807, 2.05) is 0 Å². The van der Waals surface area contributed by atoms with E-state index >= 15 is 0 Å². The summed E-state index contributed by atoms with van der Waals surface area (Å²) in [5.41, 5.74) is 0.558. The van der Waals surface area contributed by atoms with Crippen LogP contribution in [0.3, 0.4) is 0 Å². The number of sulfonamides is 1. The number of anilines is 1. The number of carbonyl (C=O) groups is 1. The van der Waals surface area contributed by atoms with Gasteiger partial charge in [-0.15, -0.1) is 0 Å². The highest BCUT2D eigenvalue weighted by Gasteiger charge is 2.15. The van der Waals surface area contributed by atoms with Gasteiger partial charge >= 0.3 is 0 Å². The van der Waals surface area contributed by atoms with Gasteiger partial charge in [-0.1, -0.05) is 0 Å². The number of carbonyl (C=O) groups excluding carboxylic acids is 1. The molecule has 0 aliphatic carbocycles. The first kappa shape index (κ1) is 20.7. The molecule has 3 rings (SSSR count). The van der Waals surface area contributed by atoms with E-state index in [9.17, 15) is 17.6 Å². The lowest BCUT2D eigenvalue weighted by atomic mass is 10.2. The zero-order chi connectivity index (χ0) is 21.0. The highest BCUT2D eigenvalue weighted by molar-refractivity contribution is 7.92. The molecule has 0 saturated carbocycles. The van der Waals surface area contributed by atoms with Crippen LogP contribution in [0.4, 0.5) is 10.1 Å². The topological polar surface area (TPSA) is 109 Å². The molecule has 0 radical (unpaired) electrons. The number of nitrogens with zero attached hydrogens (tertiary/aromatic N) is 2. The minimum atomic E-state index is -3.85. The predicted octanol–water partition coefficient (Wildman–Crippen LogP) is 2.39. The smallest absolute Gasteiger partial charge is 0.261 e. The largest absolute Gasteiger partial charge is 0.352 e.